The van der Waals surface area contributed by atoms with Gasteiger partial charge in [-0.25, -0.2) is 0 Å². The Morgan fingerprint density at radius 2 is 1.90 bits per heavy atom. The molecule has 0 aliphatic carbocycles. The molecule has 0 heterocycles. The molecular weight excluding hydrogens is 320 g/mol. The quantitative estimate of drug-likeness (QED) is 0.680. The lowest BCUT2D eigenvalue weighted by molar-refractivity contribution is -0.385. The fourth-order valence-electron chi connectivity index (χ4n) is 2.10. The Hall–Kier alpha value is -1.72. The van der Waals surface area contributed by atoms with Crippen molar-refractivity contribution in [3.8, 4) is 0 Å². The van der Waals surface area contributed by atoms with E-state index in [4.69, 9.17) is 5.73 Å². The van der Waals surface area contributed by atoms with Crippen molar-refractivity contribution in [2.75, 3.05) is 0 Å². The number of nitrogens with two attached hydrogens (primary N) is 1. The molecule has 0 radical (unpaired) electrons. The standard InChI is InChI=1S/C15H15BrN2O2/c1-10-6-12(9-14(7-10)18(19)20)15(17)8-11-2-4-13(16)5-3-11/h2-7,9,15H,8,17H2,1H3. The van der Waals surface area contributed by atoms with Crippen LogP contribution in [0.25, 0.3) is 0 Å². The number of nitro benzene ring substituents is 1. The van der Waals surface area contributed by atoms with E-state index in [0.717, 1.165) is 21.2 Å². The Morgan fingerprint density at radius 1 is 1.25 bits per heavy atom. The van der Waals surface area contributed by atoms with Gasteiger partial charge in [-0.3, -0.25) is 10.1 Å². The van der Waals surface area contributed by atoms with Crippen molar-refractivity contribution in [3.63, 3.8) is 0 Å². The summed E-state index contributed by atoms with van der Waals surface area (Å²) < 4.78 is 1.01. The summed E-state index contributed by atoms with van der Waals surface area (Å²) in [6.07, 6.45) is 0.647. The molecule has 1 atom stereocenters. The minimum absolute atomic E-state index is 0.0891. The highest BCUT2D eigenvalue weighted by molar-refractivity contribution is 9.10. The summed E-state index contributed by atoms with van der Waals surface area (Å²) in [6, 6.07) is 12.7. The molecule has 104 valence electrons. The smallest absolute Gasteiger partial charge is 0.270 e. The molecule has 0 bridgehead atoms. The van der Waals surface area contributed by atoms with Crippen molar-refractivity contribution in [3.05, 3.63) is 73.7 Å². The largest absolute Gasteiger partial charge is 0.324 e. The maximum atomic E-state index is 10.9. The Morgan fingerprint density at radius 3 is 2.50 bits per heavy atom. The van der Waals surface area contributed by atoms with Crippen molar-refractivity contribution >= 4 is 21.6 Å². The fraction of sp³-hybridized carbons (Fsp3) is 0.200. The predicted octanol–water partition coefficient (Wildman–Crippen LogP) is 3.91. The van der Waals surface area contributed by atoms with Gasteiger partial charge in [-0.05, 0) is 42.2 Å². The Balaban J connectivity index is 2.22. The molecule has 20 heavy (non-hydrogen) atoms. The van der Waals surface area contributed by atoms with Crippen LogP contribution in [0.4, 0.5) is 5.69 Å². The van der Waals surface area contributed by atoms with Crippen LogP contribution in [0, 0.1) is 17.0 Å². The number of halogens is 1. The number of aryl methyl sites for hydroxylation is 1. The molecule has 0 fully saturated rings. The van der Waals surface area contributed by atoms with E-state index in [1.54, 1.807) is 12.1 Å². The lowest BCUT2D eigenvalue weighted by atomic mass is 9.98. The number of rotatable bonds is 4. The first-order valence-corrected chi connectivity index (χ1v) is 7.01. The summed E-state index contributed by atoms with van der Waals surface area (Å²) in [7, 11) is 0. The van der Waals surface area contributed by atoms with Gasteiger partial charge in [0.05, 0.1) is 4.92 Å². The van der Waals surface area contributed by atoms with Gasteiger partial charge in [-0.1, -0.05) is 34.1 Å². The predicted molar refractivity (Wildman–Crippen MR) is 82.6 cm³/mol. The molecule has 0 aromatic heterocycles. The molecule has 0 saturated heterocycles. The zero-order valence-corrected chi connectivity index (χ0v) is 12.6. The van der Waals surface area contributed by atoms with Crippen LogP contribution in [0.15, 0.2) is 46.9 Å². The summed E-state index contributed by atoms with van der Waals surface area (Å²) in [4.78, 5) is 10.5. The summed E-state index contributed by atoms with van der Waals surface area (Å²) in [6.45, 7) is 1.84. The molecule has 5 heteroatoms. The van der Waals surface area contributed by atoms with Crippen LogP contribution in [0.5, 0.6) is 0 Å². The normalized spacial score (nSPS) is 12.2. The van der Waals surface area contributed by atoms with Gasteiger partial charge in [0.25, 0.3) is 5.69 Å². The van der Waals surface area contributed by atoms with Gasteiger partial charge in [-0.2, -0.15) is 0 Å². The van der Waals surface area contributed by atoms with Crippen LogP contribution < -0.4 is 5.73 Å². The number of non-ortho nitro benzene ring substituents is 1. The number of nitro groups is 1. The second-order valence-electron chi connectivity index (χ2n) is 4.80. The van der Waals surface area contributed by atoms with E-state index >= 15 is 0 Å². The molecule has 2 N–H and O–H groups in total. The topological polar surface area (TPSA) is 69.2 Å². The highest BCUT2D eigenvalue weighted by Gasteiger charge is 2.13. The van der Waals surface area contributed by atoms with Crippen LogP contribution in [-0.2, 0) is 6.42 Å². The van der Waals surface area contributed by atoms with Crippen molar-refractivity contribution in [1.29, 1.82) is 0 Å². The van der Waals surface area contributed by atoms with E-state index in [0.29, 0.717) is 6.42 Å². The van der Waals surface area contributed by atoms with Crippen LogP contribution in [-0.4, -0.2) is 4.92 Å². The molecule has 2 aromatic carbocycles. The molecule has 1 unspecified atom stereocenters. The molecule has 4 nitrogen and oxygen atoms in total. The number of nitrogens with zero attached hydrogens (tertiary/aromatic N) is 1. The van der Waals surface area contributed by atoms with Crippen molar-refractivity contribution in [2.24, 2.45) is 5.73 Å². The molecular formula is C15H15BrN2O2. The first-order valence-electron chi connectivity index (χ1n) is 6.21. The van der Waals surface area contributed by atoms with E-state index in [2.05, 4.69) is 15.9 Å². The van der Waals surface area contributed by atoms with Crippen LogP contribution >= 0.6 is 15.9 Å². The molecule has 0 aliphatic heterocycles. The number of benzene rings is 2. The average Bonchev–Trinajstić information content (AvgIpc) is 2.40. The van der Waals surface area contributed by atoms with E-state index < -0.39 is 0 Å². The van der Waals surface area contributed by atoms with E-state index in [9.17, 15) is 10.1 Å². The van der Waals surface area contributed by atoms with Crippen LogP contribution in [0.2, 0.25) is 0 Å². The van der Waals surface area contributed by atoms with Gasteiger partial charge in [0, 0.05) is 22.6 Å². The molecule has 0 spiro atoms. The van der Waals surface area contributed by atoms with E-state index in [-0.39, 0.29) is 16.7 Å². The maximum absolute atomic E-state index is 10.9. The highest BCUT2D eigenvalue weighted by Crippen LogP contribution is 2.23. The lowest BCUT2D eigenvalue weighted by Crippen LogP contribution is -2.13. The number of hydrogen-bond acceptors (Lipinski definition) is 3. The molecule has 0 amide bonds. The van der Waals surface area contributed by atoms with E-state index in [1.165, 1.54) is 0 Å². The molecule has 0 saturated carbocycles. The first kappa shape index (κ1) is 14.7. The summed E-state index contributed by atoms with van der Waals surface area (Å²) in [5.41, 5.74) is 9.00. The van der Waals surface area contributed by atoms with Crippen LogP contribution in [0.3, 0.4) is 0 Å². The Labute approximate surface area is 125 Å². The Kier molecular flexibility index (Phi) is 4.52. The van der Waals surface area contributed by atoms with Gasteiger partial charge in [0.2, 0.25) is 0 Å². The maximum Gasteiger partial charge on any atom is 0.270 e. The number of hydrogen-bond donors (Lipinski definition) is 1. The lowest BCUT2D eigenvalue weighted by Gasteiger charge is -2.13. The zero-order valence-electron chi connectivity index (χ0n) is 11.0. The summed E-state index contributed by atoms with van der Waals surface area (Å²) in [5.74, 6) is 0. The van der Waals surface area contributed by atoms with Gasteiger partial charge >= 0.3 is 0 Å². The second-order valence-corrected chi connectivity index (χ2v) is 5.71. The van der Waals surface area contributed by atoms with Crippen molar-refractivity contribution in [1.82, 2.24) is 0 Å². The molecule has 0 aliphatic rings. The third-order valence-electron chi connectivity index (χ3n) is 3.09. The van der Waals surface area contributed by atoms with Gasteiger partial charge in [0.1, 0.15) is 0 Å². The average molecular weight is 335 g/mol. The second kappa shape index (κ2) is 6.15. The third kappa shape index (κ3) is 3.65. The van der Waals surface area contributed by atoms with Gasteiger partial charge < -0.3 is 5.73 Å². The Bertz CT molecular complexity index is 626. The highest BCUT2D eigenvalue weighted by atomic mass is 79.9. The fourth-order valence-corrected chi connectivity index (χ4v) is 2.37. The SMILES string of the molecule is Cc1cc(C(N)Cc2ccc(Br)cc2)cc([N+](=O)[O-])c1. The van der Waals surface area contributed by atoms with Crippen molar-refractivity contribution in [2.45, 2.75) is 19.4 Å². The third-order valence-corrected chi connectivity index (χ3v) is 3.62. The first-order chi connectivity index (χ1) is 9.45. The summed E-state index contributed by atoms with van der Waals surface area (Å²) in [5, 5.41) is 10.9. The summed E-state index contributed by atoms with van der Waals surface area (Å²) >= 11 is 3.39. The molecule has 2 rings (SSSR count). The van der Waals surface area contributed by atoms with Crippen LogP contribution in [0.1, 0.15) is 22.7 Å². The van der Waals surface area contributed by atoms with Gasteiger partial charge in [-0.15, -0.1) is 0 Å². The minimum atomic E-state index is -0.386. The monoisotopic (exact) mass is 334 g/mol. The van der Waals surface area contributed by atoms with E-state index in [1.807, 2.05) is 37.3 Å². The minimum Gasteiger partial charge on any atom is -0.324 e. The molecule has 2 aromatic rings. The zero-order chi connectivity index (χ0) is 14.7. The van der Waals surface area contributed by atoms with Crippen molar-refractivity contribution < 1.29 is 4.92 Å². The van der Waals surface area contributed by atoms with Gasteiger partial charge in [0.15, 0.2) is 0 Å².